The van der Waals surface area contributed by atoms with Crippen molar-refractivity contribution in [3.05, 3.63) is 46.6 Å². The van der Waals surface area contributed by atoms with Crippen LogP contribution in [-0.4, -0.2) is 5.43 Å². The van der Waals surface area contributed by atoms with E-state index in [9.17, 15) is 0 Å². The van der Waals surface area contributed by atoms with E-state index in [0.29, 0.717) is 0 Å². The summed E-state index contributed by atoms with van der Waals surface area (Å²) in [6.45, 7) is 13.5. The van der Waals surface area contributed by atoms with Gasteiger partial charge < -0.3 is 24.8 Å². The van der Waals surface area contributed by atoms with Gasteiger partial charge in [-0.25, -0.2) is 5.57 Å². The van der Waals surface area contributed by atoms with Gasteiger partial charge in [-0.2, -0.15) is 11.1 Å². The Bertz CT molecular complexity index is 483. The van der Waals surface area contributed by atoms with Gasteiger partial charge in [-0.3, -0.25) is 6.08 Å². The molecule has 2 aliphatic carbocycles. The van der Waals surface area contributed by atoms with Gasteiger partial charge in [0.2, 0.25) is 0 Å². The third kappa shape index (κ3) is 5.44. The number of rotatable bonds is 1. The maximum absolute atomic E-state index is 3.61. The fourth-order valence-electron chi connectivity index (χ4n) is 2.36. The van der Waals surface area contributed by atoms with Crippen LogP contribution in [0.5, 0.6) is 0 Å². The SMILES string of the molecule is CC1=[C-]C(C)(C2=CC=CC2)C(C)=C1C.C[Si](C)=[Zr+2].[Cl-].[Cl-]. The molecule has 0 spiro atoms. The Morgan fingerprint density at radius 2 is 1.70 bits per heavy atom. The summed E-state index contributed by atoms with van der Waals surface area (Å²) in [7, 11) is 0. The molecule has 110 valence electrons. The molecule has 1 unspecified atom stereocenters. The van der Waals surface area contributed by atoms with Gasteiger partial charge in [-0.05, 0) is 6.42 Å². The minimum atomic E-state index is 0. The van der Waals surface area contributed by atoms with Crippen LogP contribution in [0.25, 0.3) is 0 Å². The van der Waals surface area contributed by atoms with Gasteiger partial charge in [-0.1, -0.05) is 50.0 Å². The Balaban J connectivity index is 0. The Hall–Kier alpha value is 0.640. The van der Waals surface area contributed by atoms with E-state index in [1.165, 1.54) is 22.3 Å². The summed E-state index contributed by atoms with van der Waals surface area (Å²) < 4.78 is 0. The molecular weight excluding hydrogens is 382 g/mol. The maximum Gasteiger partial charge on any atom is -1.00 e. The van der Waals surface area contributed by atoms with Crippen LogP contribution in [0.3, 0.4) is 0 Å². The van der Waals surface area contributed by atoms with E-state index in [-0.39, 0.29) is 35.7 Å². The second kappa shape index (κ2) is 9.62. The van der Waals surface area contributed by atoms with Crippen molar-refractivity contribution in [1.82, 2.24) is 0 Å². The van der Waals surface area contributed by atoms with Gasteiger partial charge in [0, 0.05) is 0 Å². The molecule has 0 amide bonds. The quantitative estimate of drug-likeness (QED) is 0.379. The Kier molecular flexibility index (Phi) is 11.0. The summed E-state index contributed by atoms with van der Waals surface area (Å²) in [6, 6.07) is 0. The number of allylic oxidation sites excluding steroid dienone is 8. The van der Waals surface area contributed by atoms with Gasteiger partial charge in [0.05, 0.1) is 0 Å². The summed E-state index contributed by atoms with van der Waals surface area (Å²) in [5.74, 6) is 0. The summed E-state index contributed by atoms with van der Waals surface area (Å²) in [6.07, 6.45) is 11.3. The van der Waals surface area contributed by atoms with Crippen molar-refractivity contribution < 1.29 is 48.1 Å². The second-order valence-corrected chi connectivity index (χ2v) is 14.8. The van der Waals surface area contributed by atoms with Crippen LogP contribution in [0.2, 0.25) is 13.1 Å². The van der Waals surface area contributed by atoms with E-state index in [4.69, 9.17) is 0 Å². The average molecular weight is 406 g/mol. The summed E-state index contributed by atoms with van der Waals surface area (Å²) in [4.78, 5) is 0. The molecule has 0 saturated carbocycles. The number of hydrogen-bond acceptors (Lipinski definition) is 0. The van der Waals surface area contributed by atoms with Crippen LogP contribution < -0.4 is 24.8 Å². The standard InChI is InChI=1S/C14H17.C2H6Si.2ClH.Zr/c1-10-9-14(4,12(3)11(10)2)13-7-5-6-8-13;1-3-2;;;/h5-7H,8H2,1-4H3;1-2H3;2*1H;/q-1;;;;+2/p-2. The van der Waals surface area contributed by atoms with Crippen molar-refractivity contribution in [1.29, 1.82) is 0 Å². The first kappa shape index (κ1) is 22.9. The van der Waals surface area contributed by atoms with Crippen LogP contribution >= 0.6 is 0 Å². The smallest absolute Gasteiger partial charge is 1.00 e. The van der Waals surface area contributed by atoms with E-state index in [1.807, 2.05) is 0 Å². The van der Waals surface area contributed by atoms with Crippen molar-refractivity contribution in [2.24, 2.45) is 5.41 Å². The van der Waals surface area contributed by atoms with Crippen molar-refractivity contribution in [2.75, 3.05) is 0 Å². The zero-order chi connectivity index (χ0) is 13.9. The van der Waals surface area contributed by atoms with E-state index in [1.54, 1.807) is 23.3 Å². The molecule has 0 aromatic heterocycles. The molecule has 0 aromatic rings. The molecule has 0 saturated heterocycles. The van der Waals surface area contributed by atoms with Crippen molar-refractivity contribution >= 4 is 5.43 Å². The minimum absolute atomic E-state index is 0. The molecule has 4 heteroatoms. The van der Waals surface area contributed by atoms with Crippen LogP contribution in [0.4, 0.5) is 0 Å². The molecule has 2 rings (SSSR count). The Morgan fingerprint density at radius 3 is 2.00 bits per heavy atom. The van der Waals surface area contributed by atoms with Crippen molar-refractivity contribution in [3.63, 3.8) is 0 Å². The first-order valence-electron chi connectivity index (χ1n) is 6.47. The van der Waals surface area contributed by atoms with Crippen LogP contribution in [0.1, 0.15) is 34.1 Å². The fourth-order valence-corrected chi connectivity index (χ4v) is 2.36. The van der Waals surface area contributed by atoms with Crippen LogP contribution in [0, 0.1) is 11.5 Å². The van der Waals surface area contributed by atoms with E-state index in [0.717, 1.165) is 6.42 Å². The molecule has 2 aliphatic rings. The van der Waals surface area contributed by atoms with Crippen molar-refractivity contribution in [2.45, 2.75) is 47.2 Å². The molecule has 0 nitrogen and oxygen atoms in total. The fraction of sp³-hybridized carbons (Fsp3) is 0.500. The molecule has 0 fully saturated rings. The molecule has 0 heterocycles. The van der Waals surface area contributed by atoms with E-state index in [2.05, 4.69) is 65.1 Å². The van der Waals surface area contributed by atoms with E-state index < -0.39 is 0 Å². The first-order valence-corrected chi connectivity index (χ1v) is 12.7. The third-order valence-electron chi connectivity index (χ3n) is 3.73. The molecule has 1 atom stereocenters. The summed E-state index contributed by atoms with van der Waals surface area (Å²) >= 11 is 1.74. The molecule has 0 aromatic carbocycles. The summed E-state index contributed by atoms with van der Waals surface area (Å²) in [5, 5.41) is 0. The average Bonchev–Trinajstić information content (AvgIpc) is 2.84. The topological polar surface area (TPSA) is 0 Å². The summed E-state index contributed by atoms with van der Waals surface area (Å²) in [5.41, 5.74) is 5.95. The maximum atomic E-state index is 3.61. The van der Waals surface area contributed by atoms with E-state index >= 15 is 0 Å². The molecular formula is C16H23Cl2SiZr-. The molecule has 0 radical (unpaired) electrons. The van der Waals surface area contributed by atoms with Crippen LogP contribution in [-0.2, 0) is 23.3 Å². The zero-order valence-electron chi connectivity index (χ0n) is 13.2. The van der Waals surface area contributed by atoms with Crippen LogP contribution in [0.15, 0.2) is 40.5 Å². The predicted molar refractivity (Wildman–Crippen MR) is 78.2 cm³/mol. The van der Waals surface area contributed by atoms with Gasteiger partial charge in [0.1, 0.15) is 0 Å². The predicted octanol–water partition coefficient (Wildman–Crippen LogP) is -1.23. The molecule has 0 bridgehead atoms. The molecule has 20 heavy (non-hydrogen) atoms. The van der Waals surface area contributed by atoms with Gasteiger partial charge in [-0.15, -0.1) is 6.92 Å². The number of hydrogen-bond donors (Lipinski definition) is 0. The Labute approximate surface area is 152 Å². The molecule has 0 N–H and O–H groups in total. The van der Waals surface area contributed by atoms with Crippen molar-refractivity contribution in [3.8, 4) is 0 Å². The van der Waals surface area contributed by atoms with Gasteiger partial charge in [0.25, 0.3) is 0 Å². The number of halogens is 2. The van der Waals surface area contributed by atoms with Gasteiger partial charge in [0.15, 0.2) is 0 Å². The zero-order valence-corrected chi connectivity index (χ0v) is 18.2. The minimum Gasteiger partial charge on any atom is -1.00 e. The third-order valence-corrected chi connectivity index (χ3v) is 3.73. The first-order chi connectivity index (χ1) is 8.29. The normalized spacial score (nSPS) is 23.2. The second-order valence-electron chi connectivity index (χ2n) is 5.45. The largest absolute Gasteiger partial charge is 1.00 e. The van der Waals surface area contributed by atoms with Gasteiger partial charge >= 0.3 is 41.9 Å². The molecule has 0 aliphatic heterocycles. The monoisotopic (exact) mass is 403 g/mol. The Morgan fingerprint density at radius 1 is 1.20 bits per heavy atom.